The van der Waals surface area contributed by atoms with Crippen molar-refractivity contribution in [3.8, 4) is 5.88 Å². The SMILES string of the molecule is C[C@H]1CCC(c2ccc3sc(C4CCN(C)CC4)nc3c2)N(C(=O)C(=O)Nc2cnc(OC(F)(F)F)c(C(N)=O)c2)C1. The number of rotatable bonds is 5. The molecule has 2 aliphatic heterocycles. The number of alkyl halides is 3. The number of carbonyl (C=O) groups is 3. The van der Waals surface area contributed by atoms with Crippen LogP contribution in [0.5, 0.6) is 5.88 Å². The summed E-state index contributed by atoms with van der Waals surface area (Å²) in [5.74, 6) is -3.55. The van der Waals surface area contributed by atoms with Crippen molar-refractivity contribution in [2.75, 3.05) is 32.0 Å². The molecule has 0 bridgehead atoms. The molecule has 3 amide bonds. The van der Waals surface area contributed by atoms with Gasteiger partial charge < -0.3 is 25.6 Å². The van der Waals surface area contributed by atoms with Gasteiger partial charge in [0.25, 0.3) is 5.91 Å². The fourth-order valence-corrected chi connectivity index (χ4v) is 6.64. The molecule has 2 fully saturated rings. The Hall–Kier alpha value is -3.78. The van der Waals surface area contributed by atoms with E-state index >= 15 is 0 Å². The van der Waals surface area contributed by atoms with E-state index in [2.05, 4.69) is 27.0 Å². The summed E-state index contributed by atoms with van der Waals surface area (Å²) in [5, 5.41) is 3.45. The van der Waals surface area contributed by atoms with Gasteiger partial charge in [-0.2, -0.15) is 0 Å². The standard InChI is InChI=1S/C28H31F3N6O4S/c1-15-3-5-21(17-4-6-22-20(11-17)35-26(42-22)16-7-9-36(2)10-8-16)37(14-15)27(40)24(39)34-18-12-19(23(32)38)25(33-13-18)41-28(29,30)31/h4,6,11-13,15-16,21H,3,5,7-10,14H2,1-2H3,(H2,32,38)(H,34,39)/t15-,21?/m0/s1. The van der Waals surface area contributed by atoms with Crippen LogP contribution in [0.1, 0.15) is 65.5 Å². The molecular weight excluding hydrogens is 573 g/mol. The van der Waals surface area contributed by atoms with E-state index in [9.17, 15) is 27.6 Å². The number of hydrogen-bond donors (Lipinski definition) is 2. The number of amides is 3. The van der Waals surface area contributed by atoms with Crippen molar-refractivity contribution >= 4 is 45.0 Å². The Bertz CT molecular complexity index is 1500. The highest BCUT2D eigenvalue weighted by molar-refractivity contribution is 7.18. The van der Waals surface area contributed by atoms with E-state index in [1.165, 1.54) is 4.90 Å². The summed E-state index contributed by atoms with van der Waals surface area (Å²) < 4.78 is 42.8. The maximum absolute atomic E-state index is 13.4. The Morgan fingerprint density at radius 1 is 1.12 bits per heavy atom. The summed E-state index contributed by atoms with van der Waals surface area (Å²) in [6, 6.07) is 6.50. The summed E-state index contributed by atoms with van der Waals surface area (Å²) in [6.45, 7) is 4.41. The molecule has 42 heavy (non-hydrogen) atoms. The van der Waals surface area contributed by atoms with E-state index in [4.69, 9.17) is 10.7 Å². The van der Waals surface area contributed by atoms with Gasteiger partial charge in [-0.1, -0.05) is 13.0 Å². The second-order valence-corrected chi connectivity index (χ2v) is 12.0. The highest BCUT2D eigenvalue weighted by atomic mass is 32.1. The Kier molecular flexibility index (Phi) is 8.37. The number of likely N-dealkylation sites (tertiary alicyclic amines) is 2. The van der Waals surface area contributed by atoms with E-state index in [1.54, 1.807) is 11.3 Å². The Balaban J connectivity index is 1.35. The monoisotopic (exact) mass is 604 g/mol. The molecule has 10 nitrogen and oxygen atoms in total. The maximum atomic E-state index is 13.4. The van der Waals surface area contributed by atoms with Crippen LogP contribution in [0.2, 0.25) is 0 Å². The predicted octanol–water partition coefficient (Wildman–Crippen LogP) is 4.44. The minimum atomic E-state index is -5.10. The van der Waals surface area contributed by atoms with E-state index in [0.717, 1.165) is 65.4 Å². The van der Waals surface area contributed by atoms with Gasteiger partial charge in [-0.15, -0.1) is 24.5 Å². The fourth-order valence-electron chi connectivity index (χ4n) is 5.53. The molecule has 1 aromatic carbocycles. The van der Waals surface area contributed by atoms with Crippen LogP contribution in [0.15, 0.2) is 30.5 Å². The third-order valence-corrected chi connectivity index (χ3v) is 8.94. The molecule has 5 rings (SSSR count). The van der Waals surface area contributed by atoms with Crippen molar-refractivity contribution < 1.29 is 32.3 Å². The number of benzene rings is 1. The fraction of sp³-hybridized carbons (Fsp3) is 0.464. The molecule has 2 atom stereocenters. The van der Waals surface area contributed by atoms with Gasteiger partial charge in [-0.25, -0.2) is 9.97 Å². The molecule has 0 spiro atoms. The first-order chi connectivity index (χ1) is 19.9. The number of nitrogens with one attached hydrogen (secondary N) is 1. The van der Waals surface area contributed by atoms with Crippen LogP contribution in [0.3, 0.4) is 0 Å². The number of nitrogens with zero attached hydrogens (tertiary/aromatic N) is 4. The molecule has 0 saturated carbocycles. The zero-order valence-electron chi connectivity index (χ0n) is 23.1. The number of aromatic nitrogens is 2. The van der Waals surface area contributed by atoms with E-state index in [0.29, 0.717) is 18.9 Å². The molecule has 4 heterocycles. The van der Waals surface area contributed by atoms with Gasteiger partial charge in [-0.3, -0.25) is 14.4 Å². The van der Waals surface area contributed by atoms with Gasteiger partial charge in [0.05, 0.1) is 33.2 Å². The molecule has 2 saturated heterocycles. The number of piperidine rings is 2. The molecule has 0 radical (unpaired) electrons. The van der Waals surface area contributed by atoms with Crippen LogP contribution >= 0.6 is 11.3 Å². The zero-order valence-corrected chi connectivity index (χ0v) is 23.9. The molecular formula is C28H31F3N6O4S. The van der Waals surface area contributed by atoms with Gasteiger partial charge in [0.1, 0.15) is 5.56 Å². The zero-order chi connectivity index (χ0) is 30.2. The summed E-state index contributed by atoms with van der Waals surface area (Å²) in [4.78, 5) is 50.4. The van der Waals surface area contributed by atoms with Crippen molar-refractivity contribution in [3.05, 3.63) is 46.6 Å². The first-order valence-corrected chi connectivity index (χ1v) is 14.5. The molecule has 0 aliphatic carbocycles. The normalized spacial score (nSPS) is 20.5. The molecule has 2 aromatic heterocycles. The Morgan fingerprint density at radius 2 is 1.86 bits per heavy atom. The van der Waals surface area contributed by atoms with Crippen LogP contribution < -0.4 is 15.8 Å². The van der Waals surface area contributed by atoms with Crippen molar-refractivity contribution in [1.82, 2.24) is 19.8 Å². The lowest BCUT2D eigenvalue weighted by molar-refractivity contribution is -0.276. The summed E-state index contributed by atoms with van der Waals surface area (Å²) >= 11 is 1.70. The minimum Gasteiger partial charge on any atom is -0.387 e. The van der Waals surface area contributed by atoms with E-state index in [-0.39, 0.29) is 17.6 Å². The lowest BCUT2D eigenvalue weighted by atomic mass is 9.89. The lowest BCUT2D eigenvalue weighted by Gasteiger charge is -2.38. The smallest absolute Gasteiger partial charge is 0.387 e. The Morgan fingerprint density at radius 3 is 2.55 bits per heavy atom. The average Bonchev–Trinajstić information content (AvgIpc) is 3.36. The highest BCUT2D eigenvalue weighted by Crippen LogP contribution is 2.38. The second-order valence-electron chi connectivity index (χ2n) is 11.0. The van der Waals surface area contributed by atoms with Crippen LogP contribution in [-0.4, -0.2) is 70.5 Å². The Labute approximate surface area is 244 Å². The van der Waals surface area contributed by atoms with Crippen molar-refractivity contribution in [3.63, 3.8) is 0 Å². The minimum absolute atomic E-state index is 0.152. The molecule has 3 N–H and O–H groups in total. The number of primary amides is 1. The van der Waals surface area contributed by atoms with E-state index in [1.807, 2.05) is 25.1 Å². The molecule has 14 heteroatoms. The average molecular weight is 605 g/mol. The maximum Gasteiger partial charge on any atom is 0.574 e. The molecule has 2 aliphatic rings. The highest BCUT2D eigenvalue weighted by Gasteiger charge is 2.36. The number of ether oxygens (including phenoxy) is 1. The first kappa shape index (κ1) is 29.7. The lowest BCUT2D eigenvalue weighted by Crippen LogP contribution is -2.46. The number of carbonyl (C=O) groups excluding carboxylic acids is 3. The number of nitrogens with two attached hydrogens (primary N) is 1. The van der Waals surface area contributed by atoms with Crippen LogP contribution in [0.25, 0.3) is 10.2 Å². The number of hydrogen-bond acceptors (Lipinski definition) is 8. The number of thiazole rings is 1. The molecule has 224 valence electrons. The van der Waals surface area contributed by atoms with Gasteiger partial charge in [0.2, 0.25) is 5.88 Å². The summed E-state index contributed by atoms with van der Waals surface area (Å²) in [6.07, 6.45) is -0.612. The second kappa shape index (κ2) is 11.8. The number of halogens is 3. The third kappa shape index (κ3) is 6.65. The summed E-state index contributed by atoms with van der Waals surface area (Å²) in [5.41, 5.74) is 6.05. The number of fused-ring (bicyclic) bond motifs is 1. The van der Waals surface area contributed by atoms with E-state index < -0.39 is 35.5 Å². The van der Waals surface area contributed by atoms with Crippen molar-refractivity contribution in [1.29, 1.82) is 0 Å². The first-order valence-electron chi connectivity index (χ1n) is 13.6. The van der Waals surface area contributed by atoms with Gasteiger partial charge >= 0.3 is 18.2 Å². The predicted molar refractivity (Wildman–Crippen MR) is 150 cm³/mol. The van der Waals surface area contributed by atoms with Gasteiger partial charge in [0, 0.05) is 12.5 Å². The topological polar surface area (TPSA) is 131 Å². The van der Waals surface area contributed by atoms with Crippen molar-refractivity contribution in [2.24, 2.45) is 11.7 Å². The van der Waals surface area contributed by atoms with Crippen LogP contribution in [0.4, 0.5) is 18.9 Å². The number of anilines is 1. The van der Waals surface area contributed by atoms with Crippen LogP contribution in [-0.2, 0) is 9.59 Å². The molecule has 1 unspecified atom stereocenters. The number of pyridine rings is 1. The quantitative estimate of drug-likeness (QED) is 0.412. The summed E-state index contributed by atoms with van der Waals surface area (Å²) in [7, 11) is 2.12. The third-order valence-electron chi connectivity index (χ3n) is 7.74. The largest absolute Gasteiger partial charge is 0.574 e. The van der Waals surface area contributed by atoms with Gasteiger partial charge in [-0.05, 0) is 75.5 Å². The van der Waals surface area contributed by atoms with Gasteiger partial charge in [0.15, 0.2) is 0 Å². The molecule has 3 aromatic rings. The van der Waals surface area contributed by atoms with Crippen molar-refractivity contribution in [2.45, 2.75) is 50.9 Å². The van der Waals surface area contributed by atoms with Crippen LogP contribution in [0, 0.1) is 5.92 Å².